The van der Waals surface area contributed by atoms with E-state index in [9.17, 15) is 4.79 Å². The van der Waals surface area contributed by atoms with Gasteiger partial charge < -0.3 is 14.3 Å². The summed E-state index contributed by atoms with van der Waals surface area (Å²) in [6.07, 6.45) is 1.38. The largest absolute Gasteiger partial charge is 0.493 e. The van der Waals surface area contributed by atoms with Crippen molar-refractivity contribution in [2.75, 3.05) is 14.2 Å². The fraction of sp³-hybridized carbons (Fsp3) is 0.250. The monoisotopic (exact) mass is 314 g/mol. The number of guanidine groups is 1. The van der Waals surface area contributed by atoms with Crippen molar-refractivity contribution in [3.63, 3.8) is 0 Å². The van der Waals surface area contributed by atoms with E-state index in [1.54, 1.807) is 12.1 Å². The quantitative estimate of drug-likeness (QED) is 0.439. The summed E-state index contributed by atoms with van der Waals surface area (Å²) in [4.78, 5) is 14.9. The van der Waals surface area contributed by atoms with E-state index in [0.29, 0.717) is 22.1 Å². The molecule has 0 saturated heterocycles. The van der Waals surface area contributed by atoms with Gasteiger partial charge in [-0.3, -0.25) is 10.2 Å². The molecule has 0 aliphatic heterocycles. The molecular weight excluding hydrogens is 300 g/mol. The first-order chi connectivity index (χ1) is 9.99. The number of hydrazone groups is 1. The van der Waals surface area contributed by atoms with Crippen molar-refractivity contribution in [1.29, 1.82) is 5.41 Å². The minimum Gasteiger partial charge on any atom is -0.493 e. The summed E-state index contributed by atoms with van der Waals surface area (Å²) in [6, 6.07) is 3.35. The van der Waals surface area contributed by atoms with Crippen LogP contribution in [0, 0.1) is 5.41 Å². The lowest BCUT2D eigenvalue weighted by Crippen LogP contribution is -2.34. The Labute approximate surface area is 126 Å². The third-order valence-electron chi connectivity index (χ3n) is 2.19. The van der Waals surface area contributed by atoms with Gasteiger partial charge in [-0.1, -0.05) is 11.6 Å². The second-order valence-corrected chi connectivity index (χ2v) is 4.02. The van der Waals surface area contributed by atoms with E-state index in [4.69, 9.17) is 26.5 Å². The summed E-state index contributed by atoms with van der Waals surface area (Å²) in [5.74, 6) is -0.000350. The smallest absolute Gasteiger partial charge is 0.329 e. The van der Waals surface area contributed by atoms with E-state index < -0.39 is 5.97 Å². The molecule has 1 aromatic carbocycles. The van der Waals surface area contributed by atoms with Crippen LogP contribution in [-0.2, 0) is 9.63 Å². The van der Waals surface area contributed by atoms with Crippen molar-refractivity contribution >= 4 is 29.7 Å². The molecule has 0 amide bonds. The lowest BCUT2D eigenvalue weighted by atomic mass is 10.2. The Balaban J connectivity index is 2.73. The predicted molar refractivity (Wildman–Crippen MR) is 77.9 cm³/mol. The maximum atomic E-state index is 10.5. The van der Waals surface area contributed by atoms with Crippen LogP contribution in [0.5, 0.6) is 11.5 Å². The molecule has 0 aromatic heterocycles. The van der Waals surface area contributed by atoms with Crippen LogP contribution in [0.25, 0.3) is 0 Å². The number of rotatable bonds is 4. The number of nitrogens with zero attached hydrogens (tertiary/aromatic N) is 1. The Morgan fingerprint density at radius 2 is 2.10 bits per heavy atom. The highest BCUT2D eigenvalue weighted by atomic mass is 35.5. The minimum absolute atomic E-state index is 0.307. The van der Waals surface area contributed by atoms with Crippen LogP contribution in [0.1, 0.15) is 12.5 Å². The predicted octanol–water partition coefficient (Wildman–Crippen LogP) is 1.28. The van der Waals surface area contributed by atoms with Crippen LogP contribution < -0.4 is 20.4 Å². The molecule has 0 spiro atoms. The third-order valence-corrected chi connectivity index (χ3v) is 2.58. The van der Waals surface area contributed by atoms with E-state index in [1.165, 1.54) is 27.4 Å². The van der Waals surface area contributed by atoms with Gasteiger partial charge in [0.05, 0.1) is 25.5 Å². The van der Waals surface area contributed by atoms with Gasteiger partial charge in [-0.05, 0) is 12.1 Å². The molecule has 21 heavy (non-hydrogen) atoms. The molecule has 9 heteroatoms. The van der Waals surface area contributed by atoms with Crippen LogP contribution in [0.3, 0.4) is 0 Å². The zero-order valence-corrected chi connectivity index (χ0v) is 12.4. The number of halogens is 1. The molecule has 0 atom stereocenters. The van der Waals surface area contributed by atoms with Crippen molar-refractivity contribution in [1.82, 2.24) is 10.9 Å². The molecule has 0 radical (unpaired) electrons. The van der Waals surface area contributed by atoms with E-state index in [2.05, 4.69) is 20.8 Å². The molecule has 0 heterocycles. The second kappa shape index (κ2) is 7.95. The minimum atomic E-state index is -0.575. The number of ether oxygens (including phenoxy) is 2. The first-order valence-corrected chi connectivity index (χ1v) is 6.09. The zero-order valence-electron chi connectivity index (χ0n) is 11.7. The molecule has 114 valence electrons. The van der Waals surface area contributed by atoms with Gasteiger partial charge in [0.2, 0.25) is 5.96 Å². The van der Waals surface area contributed by atoms with Gasteiger partial charge in [-0.2, -0.15) is 10.6 Å². The van der Waals surface area contributed by atoms with Crippen molar-refractivity contribution in [3.05, 3.63) is 22.7 Å². The first-order valence-electron chi connectivity index (χ1n) is 5.71. The molecular formula is C12H15ClN4O4. The molecule has 8 nitrogen and oxygen atoms in total. The average Bonchev–Trinajstić information content (AvgIpc) is 2.46. The number of hydrogen-bond donors (Lipinski definition) is 3. The lowest BCUT2D eigenvalue weighted by molar-refractivity contribution is -0.145. The number of benzene rings is 1. The Morgan fingerprint density at radius 1 is 1.38 bits per heavy atom. The van der Waals surface area contributed by atoms with Gasteiger partial charge in [0.25, 0.3) is 0 Å². The van der Waals surface area contributed by atoms with Gasteiger partial charge in [0, 0.05) is 12.5 Å². The maximum absolute atomic E-state index is 10.5. The van der Waals surface area contributed by atoms with Gasteiger partial charge in [0.15, 0.2) is 11.5 Å². The van der Waals surface area contributed by atoms with Crippen LogP contribution in [0.15, 0.2) is 17.2 Å². The molecule has 0 aliphatic carbocycles. The van der Waals surface area contributed by atoms with Gasteiger partial charge >= 0.3 is 5.97 Å². The highest BCUT2D eigenvalue weighted by molar-refractivity contribution is 6.34. The average molecular weight is 315 g/mol. The lowest BCUT2D eigenvalue weighted by Gasteiger charge is -2.10. The van der Waals surface area contributed by atoms with E-state index in [0.717, 1.165) is 0 Å². The first kappa shape index (κ1) is 16.6. The van der Waals surface area contributed by atoms with E-state index >= 15 is 0 Å². The number of carbonyl (C=O) groups is 1. The van der Waals surface area contributed by atoms with Crippen LogP contribution in [0.2, 0.25) is 5.02 Å². The van der Waals surface area contributed by atoms with Gasteiger partial charge in [-0.15, -0.1) is 0 Å². The van der Waals surface area contributed by atoms with Crippen molar-refractivity contribution in [3.8, 4) is 11.5 Å². The highest BCUT2D eigenvalue weighted by Crippen LogP contribution is 2.36. The summed E-state index contributed by atoms with van der Waals surface area (Å²) >= 11 is 6.15. The number of methoxy groups -OCH3 is 2. The highest BCUT2D eigenvalue weighted by Gasteiger charge is 2.11. The van der Waals surface area contributed by atoms with Gasteiger partial charge in [0.1, 0.15) is 0 Å². The van der Waals surface area contributed by atoms with Crippen LogP contribution in [-0.4, -0.2) is 32.4 Å². The van der Waals surface area contributed by atoms with Crippen LogP contribution in [0.4, 0.5) is 0 Å². The number of nitrogens with one attached hydrogen (secondary N) is 3. The topological polar surface area (TPSA) is 105 Å². The summed E-state index contributed by atoms with van der Waals surface area (Å²) in [7, 11) is 2.98. The molecule has 0 unspecified atom stereocenters. The third kappa shape index (κ3) is 4.84. The summed E-state index contributed by atoms with van der Waals surface area (Å²) in [5, 5.41) is 11.5. The number of hydrogen-bond acceptors (Lipinski definition) is 6. The fourth-order valence-corrected chi connectivity index (χ4v) is 1.60. The summed E-state index contributed by atoms with van der Waals surface area (Å²) in [5.41, 5.74) is 4.93. The number of carbonyl (C=O) groups excluding carboxylic acids is 1. The Morgan fingerprint density at radius 3 is 2.67 bits per heavy atom. The molecule has 0 saturated carbocycles. The Bertz CT molecular complexity index is 562. The SMILES string of the molecule is COc1ccc(C=NNC(=N)NOC(C)=O)c(Cl)c1OC. The van der Waals surface area contributed by atoms with Crippen molar-refractivity contribution in [2.24, 2.45) is 5.10 Å². The molecule has 1 aromatic rings. The Hall–Kier alpha value is -2.48. The van der Waals surface area contributed by atoms with Crippen molar-refractivity contribution in [2.45, 2.75) is 6.92 Å². The molecule has 0 bridgehead atoms. The zero-order chi connectivity index (χ0) is 15.8. The fourth-order valence-electron chi connectivity index (χ4n) is 1.32. The Kier molecular flexibility index (Phi) is 6.28. The summed E-state index contributed by atoms with van der Waals surface area (Å²) in [6.45, 7) is 1.20. The van der Waals surface area contributed by atoms with Crippen LogP contribution >= 0.6 is 11.6 Å². The van der Waals surface area contributed by atoms with Gasteiger partial charge in [-0.25, -0.2) is 5.43 Å². The number of hydroxylamine groups is 1. The molecule has 0 aliphatic rings. The van der Waals surface area contributed by atoms with E-state index in [1.807, 2.05) is 0 Å². The standard InChI is InChI=1S/C12H15ClN4O4/c1-7(18)21-17-12(14)16-15-6-8-4-5-9(19-2)11(20-3)10(8)13/h4-6H,1-3H3,(H3,14,16,17). The summed E-state index contributed by atoms with van der Waals surface area (Å²) < 4.78 is 10.3. The van der Waals surface area contributed by atoms with E-state index in [-0.39, 0.29) is 5.96 Å². The molecule has 1 rings (SSSR count). The second-order valence-electron chi connectivity index (χ2n) is 3.64. The normalized spacial score (nSPS) is 10.1. The molecule has 0 fully saturated rings. The maximum Gasteiger partial charge on any atom is 0.329 e. The molecule has 3 N–H and O–H groups in total. The van der Waals surface area contributed by atoms with Crippen molar-refractivity contribution < 1.29 is 19.1 Å².